The summed E-state index contributed by atoms with van der Waals surface area (Å²) in [6, 6.07) is 14.0. The Hall–Kier alpha value is -3.62. The first kappa shape index (κ1) is 23.1. The number of fused-ring (bicyclic) bond motifs is 1. The minimum absolute atomic E-state index is 0.130. The summed E-state index contributed by atoms with van der Waals surface area (Å²) in [5.41, 5.74) is 4.29. The van der Waals surface area contributed by atoms with Crippen molar-refractivity contribution in [3.05, 3.63) is 88.1 Å². The number of carbonyl (C=O) groups is 1. The van der Waals surface area contributed by atoms with Crippen LogP contribution in [-0.2, 0) is 20.2 Å². The van der Waals surface area contributed by atoms with Crippen LogP contribution in [0.5, 0.6) is 5.75 Å². The number of carboxylic acid groups (broad SMARTS) is 1. The van der Waals surface area contributed by atoms with Gasteiger partial charge in [0.15, 0.2) is 5.65 Å². The number of hydrogen-bond acceptors (Lipinski definition) is 4. The van der Waals surface area contributed by atoms with E-state index < -0.39 is 5.97 Å². The average molecular weight is 495 g/mol. The highest BCUT2D eigenvalue weighted by Crippen LogP contribution is 2.27. The van der Waals surface area contributed by atoms with E-state index in [-0.39, 0.29) is 18.1 Å². The molecular formula is C26H24ClFN4O3. The van der Waals surface area contributed by atoms with E-state index in [1.165, 1.54) is 11.6 Å². The number of halogens is 2. The number of imidazole rings is 1. The number of aromatic carboxylic acids is 1. The van der Waals surface area contributed by atoms with Crippen LogP contribution in [0.3, 0.4) is 0 Å². The summed E-state index contributed by atoms with van der Waals surface area (Å²) in [7, 11) is 1.90. The highest BCUT2D eigenvalue weighted by atomic mass is 35.5. The Labute approximate surface area is 206 Å². The van der Waals surface area contributed by atoms with E-state index in [1.807, 2.05) is 29.8 Å². The van der Waals surface area contributed by atoms with Gasteiger partial charge in [-0.2, -0.15) is 0 Å². The monoisotopic (exact) mass is 494 g/mol. The number of aromatic amines is 1. The van der Waals surface area contributed by atoms with Gasteiger partial charge in [-0.05, 0) is 47.9 Å². The third-order valence-electron chi connectivity index (χ3n) is 6.27. The number of carboxylic acids is 1. The summed E-state index contributed by atoms with van der Waals surface area (Å²) in [6.07, 6.45) is 3.08. The van der Waals surface area contributed by atoms with Crippen LogP contribution in [0.2, 0.25) is 5.02 Å². The van der Waals surface area contributed by atoms with E-state index in [4.69, 9.17) is 21.4 Å². The molecule has 2 aromatic carbocycles. The molecule has 0 fully saturated rings. The van der Waals surface area contributed by atoms with Crippen LogP contribution >= 0.6 is 11.6 Å². The Bertz CT molecular complexity index is 1440. The van der Waals surface area contributed by atoms with E-state index in [1.54, 1.807) is 18.2 Å². The van der Waals surface area contributed by atoms with E-state index in [9.17, 15) is 9.18 Å². The summed E-state index contributed by atoms with van der Waals surface area (Å²) >= 11 is 5.82. The summed E-state index contributed by atoms with van der Waals surface area (Å²) < 4.78 is 21.8. The number of hydrogen-bond donors (Lipinski definition) is 2. The van der Waals surface area contributed by atoms with Crippen LogP contribution in [0.1, 0.15) is 33.9 Å². The molecule has 9 heteroatoms. The number of H-pyrrole nitrogens is 1. The van der Waals surface area contributed by atoms with Crippen molar-refractivity contribution in [2.75, 3.05) is 13.1 Å². The normalized spacial score (nSPS) is 14.3. The molecule has 7 nitrogen and oxygen atoms in total. The molecule has 0 amide bonds. The SMILES string of the molecule is Cn1c(CN2CC=C(c3cccc(OCc4ccc(Cl)cc4F)c3)CC2)nc2[nH]c(C(=O)O)cc21. The smallest absolute Gasteiger partial charge is 0.352 e. The fraction of sp³-hybridized carbons (Fsp3) is 0.231. The lowest BCUT2D eigenvalue weighted by molar-refractivity contribution is 0.0691. The van der Waals surface area contributed by atoms with Gasteiger partial charge in [-0.1, -0.05) is 35.9 Å². The molecule has 0 saturated heterocycles. The molecule has 4 aromatic rings. The fourth-order valence-electron chi connectivity index (χ4n) is 4.28. The number of ether oxygens (including phenoxy) is 1. The fourth-order valence-corrected chi connectivity index (χ4v) is 4.43. The summed E-state index contributed by atoms with van der Waals surface area (Å²) in [4.78, 5) is 20.9. The molecule has 1 aliphatic rings. The van der Waals surface area contributed by atoms with Gasteiger partial charge in [0.25, 0.3) is 0 Å². The highest BCUT2D eigenvalue weighted by Gasteiger charge is 2.19. The van der Waals surface area contributed by atoms with Crippen LogP contribution in [-0.4, -0.2) is 43.6 Å². The third kappa shape index (κ3) is 4.94. The summed E-state index contributed by atoms with van der Waals surface area (Å²) in [5, 5.41) is 9.51. The predicted octanol–water partition coefficient (Wildman–Crippen LogP) is 5.26. The van der Waals surface area contributed by atoms with Crippen molar-refractivity contribution < 1.29 is 19.0 Å². The molecule has 2 aromatic heterocycles. The Morgan fingerprint density at radius 2 is 2.11 bits per heavy atom. The maximum Gasteiger partial charge on any atom is 0.352 e. The summed E-state index contributed by atoms with van der Waals surface area (Å²) in [6.45, 7) is 2.44. The van der Waals surface area contributed by atoms with Gasteiger partial charge in [0.2, 0.25) is 0 Å². The predicted molar refractivity (Wildman–Crippen MR) is 132 cm³/mol. The Morgan fingerprint density at radius 3 is 2.83 bits per heavy atom. The van der Waals surface area contributed by atoms with Crippen molar-refractivity contribution in [1.29, 1.82) is 0 Å². The van der Waals surface area contributed by atoms with E-state index >= 15 is 0 Å². The molecule has 0 saturated carbocycles. The molecule has 0 bridgehead atoms. The molecule has 0 unspecified atom stereocenters. The highest BCUT2D eigenvalue weighted by molar-refractivity contribution is 6.30. The molecular weight excluding hydrogens is 471 g/mol. The molecule has 180 valence electrons. The zero-order valence-corrected chi connectivity index (χ0v) is 19.8. The van der Waals surface area contributed by atoms with Gasteiger partial charge < -0.3 is 19.4 Å². The molecule has 0 atom stereocenters. The largest absolute Gasteiger partial charge is 0.489 e. The van der Waals surface area contributed by atoms with Gasteiger partial charge in [-0.25, -0.2) is 14.2 Å². The van der Waals surface area contributed by atoms with Crippen LogP contribution in [0, 0.1) is 5.82 Å². The topological polar surface area (TPSA) is 83.4 Å². The van der Waals surface area contributed by atoms with E-state index in [2.05, 4.69) is 27.0 Å². The van der Waals surface area contributed by atoms with Gasteiger partial charge in [0.1, 0.15) is 29.7 Å². The zero-order valence-electron chi connectivity index (χ0n) is 19.1. The van der Waals surface area contributed by atoms with Gasteiger partial charge in [0, 0.05) is 30.7 Å². The molecule has 0 aliphatic carbocycles. The number of aryl methyl sites for hydroxylation is 1. The zero-order chi connectivity index (χ0) is 24.5. The number of rotatable bonds is 7. The third-order valence-corrected chi connectivity index (χ3v) is 6.50. The minimum Gasteiger partial charge on any atom is -0.489 e. The number of aromatic nitrogens is 3. The quantitative estimate of drug-likeness (QED) is 0.366. The first-order valence-corrected chi connectivity index (χ1v) is 11.6. The maximum absolute atomic E-state index is 14.0. The number of benzene rings is 2. The number of nitrogens with one attached hydrogen (secondary N) is 1. The standard InChI is InChI=1S/C26H24ClFN4O3/c1-31-23-13-22(26(33)34)29-25(23)30-24(31)14-32-9-7-16(8-10-32)17-3-2-4-20(11-17)35-15-18-5-6-19(27)12-21(18)28/h2-7,11-13,29H,8-10,14-15H2,1H3,(H,33,34). The number of nitrogens with zero attached hydrogens (tertiary/aromatic N) is 3. The van der Waals surface area contributed by atoms with Crippen LogP contribution in [0.4, 0.5) is 4.39 Å². The van der Waals surface area contributed by atoms with Gasteiger partial charge in [-0.3, -0.25) is 4.90 Å². The molecule has 2 N–H and O–H groups in total. The van der Waals surface area contributed by atoms with E-state index in [0.717, 1.165) is 36.4 Å². The Morgan fingerprint density at radius 1 is 1.26 bits per heavy atom. The van der Waals surface area contributed by atoms with E-state index in [0.29, 0.717) is 28.5 Å². The van der Waals surface area contributed by atoms with Crippen molar-refractivity contribution in [3.63, 3.8) is 0 Å². The molecule has 0 spiro atoms. The van der Waals surface area contributed by atoms with Crippen molar-refractivity contribution in [3.8, 4) is 5.75 Å². The average Bonchev–Trinajstić information content (AvgIpc) is 3.39. The van der Waals surface area contributed by atoms with Crippen molar-refractivity contribution in [2.45, 2.75) is 19.6 Å². The van der Waals surface area contributed by atoms with Gasteiger partial charge >= 0.3 is 5.97 Å². The second-order valence-corrected chi connectivity index (χ2v) is 9.01. The molecule has 3 heterocycles. The lowest BCUT2D eigenvalue weighted by Crippen LogP contribution is -2.29. The van der Waals surface area contributed by atoms with Crippen LogP contribution in [0.25, 0.3) is 16.7 Å². The Kier molecular flexibility index (Phi) is 6.32. The van der Waals surface area contributed by atoms with Crippen LogP contribution in [0.15, 0.2) is 54.6 Å². The lowest BCUT2D eigenvalue weighted by atomic mass is 9.99. The first-order valence-electron chi connectivity index (χ1n) is 11.2. The molecule has 0 radical (unpaired) electrons. The van der Waals surface area contributed by atoms with Crippen molar-refractivity contribution >= 4 is 34.3 Å². The van der Waals surface area contributed by atoms with Crippen LogP contribution < -0.4 is 4.74 Å². The second-order valence-electron chi connectivity index (χ2n) is 8.58. The minimum atomic E-state index is -0.996. The van der Waals surface area contributed by atoms with Crippen molar-refractivity contribution in [1.82, 2.24) is 19.4 Å². The van der Waals surface area contributed by atoms with Gasteiger partial charge in [0.05, 0.1) is 12.1 Å². The lowest BCUT2D eigenvalue weighted by Gasteiger charge is -2.26. The maximum atomic E-state index is 14.0. The second kappa shape index (κ2) is 9.56. The Balaban J connectivity index is 1.23. The molecule has 35 heavy (non-hydrogen) atoms. The van der Waals surface area contributed by atoms with Gasteiger partial charge in [-0.15, -0.1) is 0 Å². The summed E-state index contributed by atoms with van der Waals surface area (Å²) in [5.74, 6) is 0.189. The molecule has 5 rings (SSSR count). The van der Waals surface area contributed by atoms with Crippen molar-refractivity contribution in [2.24, 2.45) is 7.05 Å². The molecule has 1 aliphatic heterocycles. The first-order chi connectivity index (χ1) is 16.9.